The molecule has 1 N–H and O–H groups in total. The normalized spacial score (nSPS) is 12.7. The Labute approximate surface area is 191 Å². The molecule has 0 spiro atoms. The summed E-state index contributed by atoms with van der Waals surface area (Å²) in [5.74, 6) is 0.0585. The van der Waals surface area contributed by atoms with Gasteiger partial charge < -0.3 is 15.0 Å². The van der Waals surface area contributed by atoms with E-state index in [1.165, 1.54) is 0 Å². The number of ether oxygens (including phenoxy) is 1. The highest BCUT2D eigenvalue weighted by Crippen LogP contribution is 2.28. The predicted octanol–water partition coefficient (Wildman–Crippen LogP) is 5.12. The van der Waals surface area contributed by atoms with Crippen LogP contribution in [0.25, 0.3) is 0 Å². The van der Waals surface area contributed by atoms with E-state index < -0.39 is 6.04 Å². The summed E-state index contributed by atoms with van der Waals surface area (Å²) >= 11 is 9.34. The summed E-state index contributed by atoms with van der Waals surface area (Å²) in [5.41, 5.74) is 2.05. The molecule has 2 aromatic carbocycles. The molecule has 0 aliphatic rings. The molecule has 2 amide bonds. The molecule has 0 fully saturated rings. The van der Waals surface area contributed by atoms with E-state index >= 15 is 0 Å². The third-order valence-corrected chi connectivity index (χ3v) is 5.70. The topological polar surface area (TPSA) is 58.6 Å². The van der Waals surface area contributed by atoms with Crippen LogP contribution in [0.15, 0.2) is 46.9 Å². The molecule has 0 saturated carbocycles. The SMILES string of the molecule is CC[C@H](C)NC(=O)[C@H](C)N(Cc1cccc(C)c1)C(=O)COc1ccc(Cl)cc1Br. The first-order chi connectivity index (χ1) is 14.2. The summed E-state index contributed by atoms with van der Waals surface area (Å²) in [6.07, 6.45) is 0.817. The molecule has 0 radical (unpaired) electrons. The zero-order valence-corrected chi connectivity index (χ0v) is 20.1. The van der Waals surface area contributed by atoms with Crippen molar-refractivity contribution < 1.29 is 14.3 Å². The van der Waals surface area contributed by atoms with Gasteiger partial charge in [0.25, 0.3) is 5.91 Å². The molecule has 0 unspecified atom stereocenters. The highest BCUT2D eigenvalue weighted by Gasteiger charge is 2.27. The molecule has 7 heteroatoms. The van der Waals surface area contributed by atoms with Crippen molar-refractivity contribution in [1.82, 2.24) is 10.2 Å². The van der Waals surface area contributed by atoms with Crippen molar-refractivity contribution in [2.45, 2.75) is 52.7 Å². The van der Waals surface area contributed by atoms with E-state index in [2.05, 4.69) is 21.2 Å². The van der Waals surface area contributed by atoms with Gasteiger partial charge in [-0.3, -0.25) is 9.59 Å². The molecule has 0 bridgehead atoms. The van der Waals surface area contributed by atoms with Crippen LogP contribution in [-0.4, -0.2) is 35.4 Å². The van der Waals surface area contributed by atoms with Crippen LogP contribution in [0.4, 0.5) is 0 Å². The maximum atomic E-state index is 13.1. The fraction of sp³-hybridized carbons (Fsp3) is 0.391. The van der Waals surface area contributed by atoms with Crippen LogP contribution in [0.2, 0.25) is 5.02 Å². The Bertz CT molecular complexity index is 891. The Kier molecular flexibility index (Phi) is 9.18. The lowest BCUT2D eigenvalue weighted by Crippen LogP contribution is -2.50. The molecule has 5 nitrogen and oxygen atoms in total. The second-order valence-corrected chi connectivity index (χ2v) is 8.66. The van der Waals surface area contributed by atoms with Gasteiger partial charge in [0, 0.05) is 17.6 Å². The van der Waals surface area contributed by atoms with Crippen molar-refractivity contribution in [2.24, 2.45) is 0 Å². The number of hydrogen-bond acceptors (Lipinski definition) is 3. The smallest absolute Gasteiger partial charge is 0.261 e. The zero-order chi connectivity index (χ0) is 22.3. The van der Waals surface area contributed by atoms with Crippen molar-refractivity contribution in [3.8, 4) is 5.75 Å². The first kappa shape index (κ1) is 24.2. The van der Waals surface area contributed by atoms with Gasteiger partial charge >= 0.3 is 0 Å². The lowest BCUT2D eigenvalue weighted by Gasteiger charge is -2.29. The summed E-state index contributed by atoms with van der Waals surface area (Å²) in [6, 6.07) is 12.4. The van der Waals surface area contributed by atoms with Crippen molar-refractivity contribution in [3.05, 3.63) is 63.1 Å². The summed E-state index contributed by atoms with van der Waals surface area (Å²) in [4.78, 5) is 27.3. The van der Waals surface area contributed by atoms with Crippen LogP contribution >= 0.6 is 27.5 Å². The average molecular weight is 496 g/mol. The number of carbonyl (C=O) groups is 2. The predicted molar refractivity (Wildman–Crippen MR) is 124 cm³/mol. The Morgan fingerprint density at radius 2 is 1.93 bits per heavy atom. The lowest BCUT2D eigenvalue weighted by molar-refractivity contribution is -0.142. The van der Waals surface area contributed by atoms with Crippen molar-refractivity contribution in [3.63, 3.8) is 0 Å². The van der Waals surface area contributed by atoms with Gasteiger partial charge in [-0.2, -0.15) is 0 Å². The summed E-state index contributed by atoms with van der Waals surface area (Å²) < 4.78 is 6.36. The largest absolute Gasteiger partial charge is 0.483 e. The van der Waals surface area contributed by atoms with E-state index in [0.717, 1.165) is 17.5 Å². The summed E-state index contributed by atoms with van der Waals surface area (Å²) in [6.45, 7) is 7.81. The molecule has 0 aliphatic carbocycles. The fourth-order valence-electron chi connectivity index (χ4n) is 2.87. The van der Waals surface area contributed by atoms with Crippen LogP contribution < -0.4 is 10.1 Å². The van der Waals surface area contributed by atoms with Crippen molar-refractivity contribution in [1.29, 1.82) is 0 Å². The molecule has 2 rings (SSSR count). The minimum absolute atomic E-state index is 0.0390. The number of amides is 2. The maximum absolute atomic E-state index is 13.1. The van der Waals surface area contributed by atoms with E-state index in [4.69, 9.17) is 16.3 Å². The minimum atomic E-state index is -0.635. The van der Waals surface area contributed by atoms with Crippen LogP contribution in [-0.2, 0) is 16.1 Å². The minimum Gasteiger partial charge on any atom is -0.483 e. The molecule has 30 heavy (non-hydrogen) atoms. The van der Waals surface area contributed by atoms with Gasteiger partial charge in [-0.25, -0.2) is 0 Å². The standard InChI is InChI=1S/C23H28BrClN2O3/c1-5-16(3)26-23(29)17(4)27(13-18-8-6-7-15(2)11-18)22(28)14-30-21-10-9-19(25)12-20(21)24/h6-12,16-17H,5,13-14H2,1-4H3,(H,26,29)/t16-,17-/m0/s1. The number of benzene rings is 2. The van der Waals surface area contributed by atoms with E-state index in [1.807, 2.05) is 45.0 Å². The quantitative estimate of drug-likeness (QED) is 0.525. The Morgan fingerprint density at radius 1 is 1.20 bits per heavy atom. The van der Waals surface area contributed by atoms with Gasteiger partial charge in [0.2, 0.25) is 5.91 Å². The maximum Gasteiger partial charge on any atom is 0.261 e. The van der Waals surface area contributed by atoms with Gasteiger partial charge in [-0.05, 0) is 66.9 Å². The van der Waals surface area contributed by atoms with Crippen LogP contribution in [0.5, 0.6) is 5.75 Å². The van der Waals surface area contributed by atoms with Crippen molar-refractivity contribution in [2.75, 3.05) is 6.61 Å². The van der Waals surface area contributed by atoms with Crippen LogP contribution in [0.1, 0.15) is 38.3 Å². The van der Waals surface area contributed by atoms with E-state index in [0.29, 0.717) is 21.8 Å². The highest BCUT2D eigenvalue weighted by atomic mass is 79.9. The number of aryl methyl sites for hydroxylation is 1. The number of hydrogen-bond donors (Lipinski definition) is 1. The Hall–Kier alpha value is -2.05. The average Bonchev–Trinajstić information content (AvgIpc) is 2.70. The van der Waals surface area contributed by atoms with Gasteiger partial charge in [-0.15, -0.1) is 0 Å². The van der Waals surface area contributed by atoms with E-state index in [9.17, 15) is 9.59 Å². The number of rotatable bonds is 9. The molecule has 0 aromatic heterocycles. The van der Waals surface area contributed by atoms with Gasteiger partial charge in [-0.1, -0.05) is 48.4 Å². The molecule has 0 heterocycles. The molecule has 2 atom stereocenters. The highest BCUT2D eigenvalue weighted by molar-refractivity contribution is 9.10. The number of nitrogens with one attached hydrogen (secondary N) is 1. The molecular formula is C23H28BrClN2O3. The van der Waals surface area contributed by atoms with Crippen LogP contribution in [0.3, 0.4) is 0 Å². The number of halogens is 2. The van der Waals surface area contributed by atoms with Crippen molar-refractivity contribution >= 4 is 39.3 Å². The van der Waals surface area contributed by atoms with E-state index in [-0.39, 0.29) is 24.5 Å². The van der Waals surface area contributed by atoms with Gasteiger partial charge in [0.15, 0.2) is 6.61 Å². The monoisotopic (exact) mass is 494 g/mol. The first-order valence-corrected chi connectivity index (χ1v) is 11.1. The molecule has 2 aromatic rings. The fourth-order valence-corrected chi connectivity index (χ4v) is 3.67. The lowest BCUT2D eigenvalue weighted by atomic mass is 10.1. The second kappa shape index (κ2) is 11.4. The van der Waals surface area contributed by atoms with Gasteiger partial charge in [0.05, 0.1) is 4.47 Å². The zero-order valence-electron chi connectivity index (χ0n) is 17.7. The summed E-state index contributed by atoms with van der Waals surface area (Å²) in [7, 11) is 0. The second-order valence-electron chi connectivity index (χ2n) is 7.37. The number of nitrogens with zero attached hydrogens (tertiary/aromatic N) is 1. The third kappa shape index (κ3) is 7.03. The Morgan fingerprint density at radius 3 is 2.57 bits per heavy atom. The Balaban J connectivity index is 2.18. The molecule has 162 valence electrons. The van der Waals surface area contributed by atoms with Crippen LogP contribution in [0, 0.1) is 6.92 Å². The molecular weight excluding hydrogens is 468 g/mol. The number of carbonyl (C=O) groups excluding carboxylic acids is 2. The van der Waals surface area contributed by atoms with E-state index in [1.54, 1.807) is 30.0 Å². The molecule has 0 aliphatic heterocycles. The summed E-state index contributed by atoms with van der Waals surface area (Å²) in [5, 5.41) is 3.52. The molecule has 0 saturated heterocycles. The van der Waals surface area contributed by atoms with Gasteiger partial charge in [0.1, 0.15) is 11.8 Å². The first-order valence-electron chi connectivity index (χ1n) is 9.94. The third-order valence-electron chi connectivity index (χ3n) is 4.85.